The van der Waals surface area contributed by atoms with Crippen molar-refractivity contribution in [3.63, 3.8) is 0 Å². The van der Waals surface area contributed by atoms with Gasteiger partial charge in [0.1, 0.15) is 5.60 Å². The van der Waals surface area contributed by atoms with E-state index >= 15 is 0 Å². The number of anilines is 1. The van der Waals surface area contributed by atoms with Crippen LogP contribution in [0.4, 0.5) is 10.5 Å². The predicted molar refractivity (Wildman–Crippen MR) is 99.8 cm³/mol. The monoisotopic (exact) mass is 358 g/mol. The second-order valence-corrected chi connectivity index (χ2v) is 7.23. The van der Waals surface area contributed by atoms with Gasteiger partial charge in [-0.25, -0.2) is 9.78 Å². The highest BCUT2D eigenvalue weighted by Gasteiger charge is 2.16. The maximum absolute atomic E-state index is 12.1. The van der Waals surface area contributed by atoms with E-state index in [9.17, 15) is 9.59 Å². The van der Waals surface area contributed by atoms with Crippen LogP contribution in [-0.4, -0.2) is 33.2 Å². The zero-order valence-corrected chi connectivity index (χ0v) is 15.7. The summed E-state index contributed by atoms with van der Waals surface area (Å²) in [5, 5.41) is 5.63. The molecule has 1 heterocycles. The van der Waals surface area contributed by atoms with Crippen LogP contribution in [0.1, 0.15) is 33.3 Å². The first kappa shape index (κ1) is 19.5. The first-order chi connectivity index (χ1) is 12.2. The molecule has 0 bridgehead atoms. The number of rotatable bonds is 6. The summed E-state index contributed by atoms with van der Waals surface area (Å²) in [6.07, 6.45) is 5.07. The number of hydrogen-bond acceptors (Lipinski definition) is 4. The molecule has 0 aliphatic carbocycles. The van der Waals surface area contributed by atoms with Crippen LogP contribution in [0.2, 0.25) is 0 Å². The maximum Gasteiger partial charge on any atom is 0.412 e. The van der Waals surface area contributed by atoms with Gasteiger partial charge >= 0.3 is 6.09 Å². The molecule has 0 spiro atoms. The third kappa shape index (κ3) is 6.96. The minimum Gasteiger partial charge on any atom is -0.444 e. The Morgan fingerprint density at radius 3 is 2.50 bits per heavy atom. The Labute approximate surface area is 153 Å². The zero-order chi connectivity index (χ0) is 19.2. The zero-order valence-electron chi connectivity index (χ0n) is 15.7. The molecule has 7 heteroatoms. The Bertz CT molecular complexity index is 718. The van der Waals surface area contributed by atoms with E-state index in [1.807, 2.05) is 50.6 Å². The average Bonchev–Trinajstić information content (AvgIpc) is 2.99. The van der Waals surface area contributed by atoms with E-state index in [-0.39, 0.29) is 18.4 Å². The van der Waals surface area contributed by atoms with Crippen LogP contribution < -0.4 is 10.6 Å². The lowest BCUT2D eigenvalue weighted by Gasteiger charge is -2.19. The van der Waals surface area contributed by atoms with Crippen LogP contribution in [0, 0.1) is 0 Å². The van der Waals surface area contributed by atoms with Crippen molar-refractivity contribution in [2.24, 2.45) is 0 Å². The van der Waals surface area contributed by atoms with Gasteiger partial charge in [0, 0.05) is 30.7 Å². The number of carbonyl (C=O) groups excluding carboxylic acids is 2. The predicted octanol–water partition coefficient (Wildman–Crippen LogP) is 2.98. The number of nitrogens with zero attached hydrogens (tertiary/aromatic N) is 2. The molecular formula is C19H26N4O3. The number of ether oxygens (including phenoxy) is 1. The van der Waals surface area contributed by atoms with Crippen molar-refractivity contribution < 1.29 is 14.3 Å². The molecule has 0 saturated carbocycles. The van der Waals surface area contributed by atoms with Crippen LogP contribution in [0.3, 0.4) is 0 Å². The lowest BCUT2D eigenvalue weighted by atomic mass is 10.1. The molecule has 0 aliphatic heterocycles. The molecule has 1 atom stereocenters. The first-order valence-electron chi connectivity index (χ1n) is 8.55. The average molecular weight is 358 g/mol. The second kappa shape index (κ2) is 8.51. The summed E-state index contributed by atoms with van der Waals surface area (Å²) in [7, 11) is 0. The van der Waals surface area contributed by atoms with Gasteiger partial charge in [-0.3, -0.25) is 10.1 Å². The number of carbonyl (C=O) groups is 2. The fraction of sp³-hybridized carbons (Fsp3) is 0.421. The molecule has 2 amide bonds. The fourth-order valence-corrected chi connectivity index (χ4v) is 2.40. The standard InChI is InChI=1S/C19H26N4O3/c1-14(12-23-10-9-20-13-23)21-17(24)11-15-5-7-16(8-6-15)22-18(25)26-19(2,3)4/h5-10,13-14H,11-12H2,1-4H3,(H,21,24)(H,22,25). The fourth-order valence-electron chi connectivity index (χ4n) is 2.40. The van der Waals surface area contributed by atoms with Gasteiger partial charge in [0.25, 0.3) is 0 Å². The molecule has 2 rings (SSSR count). The Morgan fingerprint density at radius 2 is 1.92 bits per heavy atom. The topological polar surface area (TPSA) is 85.3 Å². The number of aromatic nitrogens is 2. The molecule has 0 saturated heterocycles. The van der Waals surface area contributed by atoms with Gasteiger partial charge in [0.15, 0.2) is 0 Å². The summed E-state index contributed by atoms with van der Waals surface area (Å²) in [5.41, 5.74) is 0.944. The number of hydrogen-bond donors (Lipinski definition) is 2. The molecule has 2 aromatic rings. The van der Waals surface area contributed by atoms with Gasteiger partial charge in [-0.15, -0.1) is 0 Å². The summed E-state index contributed by atoms with van der Waals surface area (Å²) in [4.78, 5) is 27.9. The van der Waals surface area contributed by atoms with E-state index in [1.165, 1.54) is 0 Å². The number of benzene rings is 1. The van der Waals surface area contributed by atoms with Crippen molar-refractivity contribution in [2.75, 3.05) is 5.32 Å². The molecule has 1 aromatic heterocycles. The van der Waals surface area contributed by atoms with E-state index in [0.717, 1.165) is 5.56 Å². The highest BCUT2D eigenvalue weighted by molar-refractivity contribution is 5.85. The second-order valence-electron chi connectivity index (χ2n) is 7.23. The van der Waals surface area contributed by atoms with Gasteiger partial charge in [-0.2, -0.15) is 0 Å². The van der Waals surface area contributed by atoms with Crippen LogP contribution in [-0.2, 0) is 22.5 Å². The van der Waals surface area contributed by atoms with E-state index in [4.69, 9.17) is 4.74 Å². The van der Waals surface area contributed by atoms with Gasteiger partial charge in [0.2, 0.25) is 5.91 Å². The minimum atomic E-state index is -0.546. The molecular weight excluding hydrogens is 332 g/mol. The molecule has 7 nitrogen and oxygen atoms in total. The van der Waals surface area contributed by atoms with E-state index in [2.05, 4.69) is 15.6 Å². The summed E-state index contributed by atoms with van der Waals surface area (Å²) in [6, 6.07) is 7.13. The summed E-state index contributed by atoms with van der Waals surface area (Å²) in [6.45, 7) is 8.04. The van der Waals surface area contributed by atoms with Crippen LogP contribution in [0.25, 0.3) is 0 Å². The normalized spacial score (nSPS) is 12.3. The third-order valence-electron chi connectivity index (χ3n) is 3.42. The highest BCUT2D eigenvalue weighted by atomic mass is 16.6. The van der Waals surface area contributed by atoms with E-state index in [0.29, 0.717) is 12.2 Å². The van der Waals surface area contributed by atoms with Gasteiger partial charge < -0.3 is 14.6 Å². The van der Waals surface area contributed by atoms with Crippen molar-refractivity contribution >= 4 is 17.7 Å². The molecule has 1 aromatic carbocycles. The molecule has 26 heavy (non-hydrogen) atoms. The van der Waals surface area contributed by atoms with Crippen molar-refractivity contribution in [1.82, 2.24) is 14.9 Å². The van der Waals surface area contributed by atoms with Crippen LogP contribution >= 0.6 is 0 Å². The minimum absolute atomic E-state index is 0.00445. The lowest BCUT2D eigenvalue weighted by molar-refractivity contribution is -0.121. The number of imidazole rings is 1. The number of nitrogens with one attached hydrogen (secondary N) is 2. The van der Waals surface area contributed by atoms with Gasteiger partial charge in [-0.05, 0) is 45.4 Å². The van der Waals surface area contributed by atoms with Crippen LogP contribution in [0.15, 0.2) is 43.0 Å². The highest BCUT2D eigenvalue weighted by Crippen LogP contribution is 2.13. The summed E-state index contributed by atoms with van der Waals surface area (Å²) in [5.74, 6) is -0.0505. The summed E-state index contributed by atoms with van der Waals surface area (Å²) < 4.78 is 7.12. The molecule has 0 radical (unpaired) electrons. The quantitative estimate of drug-likeness (QED) is 0.831. The van der Waals surface area contributed by atoms with Crippen molar-refractivity contribution in [3.8, 4) is 0 Å². The van der Waals surface area contributed by atoms with Gasteiger partial charge in [0.05, 0.1) is 12.7 Å². The Hall–Kier alpha value is -2.83. The smallest absolute Gasteiger partial charge is 0.412 e. The van der Waals surface area contributed by atoms with E-state index in [1.54, 1.807) is 24.7 Å². The SMILES string of the molecule is CC(Cn1ccnc1)NC(=O)Cc1ccc(NC(=O)OC(C)(C)C)cc1. The molecule has 2 N–H and O–H groups in total. The Balaban J connectivity index is 1.80. The van der Waals surface area contributed by atoms with E-state index < -0.39 is 11.7 Å². The number of amides is 2. The summed E-state index contributed by atoms with van der Waals surface area (Å²) >= 11 is 0. The lowest BCUT2D eigenvalue weighted by Crippen LogP contribution is -2.36. The molecule has 140 valence electrons. The van der Waals surface area contributed by atoms with Gasteiger partial charge in [-0.1, -0.05) is 12.1 Å². The van der Waals surface area contributed by atoms with Crippen molar-refractivity contribution in [3.05, 3.63) is 48.5 Å². The molecule has 0 fully saturated rings. The van der Waals surface area contributed by atoms with Crippen molar-refractivity contribution in [1.29, 1.82) is 0 Å². The maximum atomic E-state index is 12.1. The molecule has 0 aliphatic rings. The molecule has 1 unspecified atom stereocenters. The third-order valence-corrected chi connectivity index (χ3v) is 3.42. The Morgan fingerprint density at radius 1 is 1.23 bits per heavy atom. The largest absolute Gasteiger partial charge is 0.444 e. The Kier molecular flexibility index (Phi) is 6.38. The van der Waals surface area contributed by atoms with Crippen LogP contribution in [0.5, 0.6) is 0 Å². The first-order valence-corrected chi connectivity index (χ1v) is 8.55. The van der Waals surface area contributed by atoms with Crippen molar-refractivity contribution in [2.45, 2.75) is 52.3 Å².